The molecule has 1 aromatic heterocycles. The second kappa shape index (κ2) is 6.27. The standard InChI is InChI=1S/C18H26N2/c1-6-11-20-17(7-2)16(13-19(5)8-3)15-12-14(4)9-10-18(15)20/h6,9-10,12H,1,7-8,11,13H2,2-5H3. The fourth-order valence-corrected chi connectivity index (χ4v) is 2.89. The van der Waals surface area contributed by atoms with E-state index in [1.54, 1.807) is 0 Å². The molecule has 0 saturated heterocycles. The Morgan fingerprint density at radius 1 is 1.30 bits per heavy atom. The normalized spacial score (nSPS) is 11.4. The molecular formula is C18H26N2. The SMILES string of the molecule is C=CCn1c(CC)c(CN(C)CC)c2cc(C)ccc21. The Morgan fingerprint density at radius 3 is 2.65 bits per heavy atom. The van der Waals surface area contributed by atoms with Gasteiger partial charge in [0, 0.05) is 29.7 Å². The molecule has 2 nitrogen and oxygen atoms in total. The molecule has 108 valence electrons. The predicted octanol–water partition coefficient (Wildman–Crippen LogP) is 4.15. The van der Waals surface area contributed by atoms with E-state index in [-0.39, 0.29) is 0 Å². The van der Waals surface area contributed by atoms with E-state index >= 15 is 0 Å². The van der Waals surface area contributed by atoms with Crippen LogP contribution in [-0.4, -0.2) is 23.1 Å². The number of hydrogen-bond acceptors (Lipinski definition) is 1. The molecule has 1 aromatic carbocycles. The lowest BCUT2D eigenvalue weighted by atomic mass is 10.1. The molecule has 0 spiro atoms. The van der Waals surface area contributed by atoms with E-state index in [1.807, 2.05) is 6.08 Å². The van der Waals surface area contributed by atoms with E-state index in [0.717, 1.165) is 26.1 Å². The third kappa shape index (κ3) is 2.66. The molecule has 0 saturated carbocycles. The van der Waals surface area contributed by atoms with Crippen molar-refractivity contribution < 1.29 is 0 Å². The maximum atomic E-state index is 3.91. The fraction of sp³-hybridized carbons (Fsp3) is 0.444. The molecule has 0 aliphatic rings. The van der Waals surface area contributed by atoms with Gasteiger partial charge in [-0.3, -0.25) is 0 Å². The number of fused-ring (bicyclic) bond motifs is 1. The third-order valence-corrected chi connectivity index (χ3v) is 4.06. The highest BCUT2D eigenvalue weighted by Crippen LogP contribution is 2.29. The van der Waals surface area contributed by atoms with Gasteiger partial charge in [0.25, 0.3) is 0 Å². The van der Waals surface area contributed by atoms with Crippen LogP contribution in [0.2, 0.25) is 0 Å². The quantitative estimate of drug-likeness (QED) is 0.716. The Balaban J connectivity index is 2.67. The van der Waals surface area contributed by atoms with Crippen LogP contribution in [0.4, 0.5) is 0 Å². The molecular weight excluding hydrogens is 244 g/mol. The average molecular weight is 270 g/mol. The molecule has 0 N–H and O–H groups in total. The topological polar surface area (TPSA) is 8.17 Å². The molecule has 0 amide bonds. The number of rotatable bonds is 6. The van der Waals surface area contributed by atoms with Crippen molar-refractivity contribution in [3.05, 3.63) is 47.7 Å². The Kier molecular flexibility index (Phi) is 4.66. The summed E-state index contributed by atoms with van der Waals surface area (Å²) in [5.74, 6) is 0. The van der Waals surface area contributed by atoms with Gasteiger partial charge in [-0.1, -0.05) is 31.6 Å². The first-order valence-electron chi connectivity index (χ1n) is 7.52. The van der Waals surface area contributed by atoms with Crippen molar-refractivity contribution in [2.24, 2.45) is 0 Å². The van der Waals surface area contributed by atoms with Gasteiger partial charge in [0.1, 0.15) is 0 Å². The first kappa shape index (κ1) is 14.9. The Labute approximate surface area is 122 Å². The molecule has 20 heavy (non-hydrogen) atoms. The summed E-state index contributed by atoms with van der Waals surface area (Å²) in [5, 5.41) is 1.41. The monoisotopic (exact) mass is 270 g/mol. The minimum Gasteiger partial charge on any atom is -0.340 e. The largest absolute Gasteiger partial charge is 0.340 e. The predicted molar refractivity (Wildman–Crippen MR) is 88.3 cm³/mol. The Hall–Kier alpha value is -1.54. The number of hydrogen-bond donors (Lipinski definition) is 0. The average Bonchev–Trinajstić information content (AvgIpc) is 2.72. The molecule has 0 unspecified atom stereocenters. The van der Waals surface area contributed by atoms with Crippen LogP contribution in [0.1, 0.15) is 30.7 Å². The number of benzene rings is 1. The maximum Gasteiger partial charge on any atom is 0.0489 e. The lowest BCUT2D eigenvalue weighted by Gasteiger charge is -2.15. The van der Waals surface area contributed by atoms with Crippen LogP contribution in [0, 0.1) is 6.92 Å². The minimum atomic E-state index is 0.887. The fourth-order valence-electron chi connectivity index (χ4n) is 2.89. The number of nitrogens with zero attached hydrogens (tertiary/aromatic N) is 2. The summed E-state index contributed by atoms with van der Waals surface area (Å²) in [7, 11) is 2.19. The van der Waals surface area contributed by atoms with E-state index in [0.29, 0.717) is 0 Å². The lowest BCUT2D eigenvalue weighted by molar-refractivity contribution is 0.345. The molecule has 2 aromatic rings. The number of allylic oxidation sites excluding steroid dienone is 1. The van der Waals surface area contributed by atoms with Gasteiger partial charge in [-0.25, -0.2) is 0 Å². The van der Waals surface area contributed by atoms with Gasteiger partial charge in [0.15, 0.2) is 0 Å². The van der Waals surface area contributed by atoms with Gasteiger partial charge in [-0.05, 0) is 44.6 Å². The second-order valence-electron chi connectivity index (χ2n) is 5.53. The molecule has 0 aliphatic heterocycles. The lowest BCUT2D eigenvalue weighted by Crippen LogP contribution is -2.17. The van der Waals surface area contributed by atoms with Crippen LogP contribution in [0.15, 0.2) is 30.9 Å². The summed E-state index contributed by atoms with van der Waals surface area (Å²) < 4.78 is 2.42. The van der Waals surface area contributed by atoms with Gasteiger partial charge in [0.2, 0.25) is 0 Å². The van der Waals surface area contributed by atoms with Crippen molar-refractivity contribution in [3.8, 4) is 0 Å². The van der Waals surface area contributed by atoms with Crippen LogP contribution < -0.4 is 0 Å². The molecule has 2 rings (SSSR count). The molecule has 1 heterocycles. The summed E-state index contributed by atoms with van der Waals surface area (Å²) in [6.07, 6.45) is 3.06. The zero-order valence-corrected chi connectivity index (χ0v) is 13.2. The maximum absolute atomic E-state index is 3.91. The van der Waals surface area contributed by atoms with Gasteiger partial charge < -0.3 is 9.47 Å². The molecule has 2 heteroatoms. The van der Waals surface area contributed by atoms with Crippen molar-refractivity contribution >= 4 is 10.9 Å². The molecule has 0 atom stereocenters. The van der Waals surface area contributed by atoms with Crippen LogP contribution in [-0.2, 0) is 19.5 Å². The second-order valence-corrected chi connectivity index (χ2v) is 5.53. The summed E-state index contributed by atoms with van der Waals surface area (Å²) in [5.41, 5.74) is 5.60. The van der Waals surface area contributed by atoms with E-state index in [1.165, 1.54) is 27.7 Å². The third-order valence-electron chi connectivity index (χ3n) is 4.06. The van der Waals surface area contributed by atoms with Gasteiger partial charge in [-0.15, -0.1) is 6.58 Å². The highest BCUT2D eigenvalue weighted by Gasteiger charge is 2.16. The zero-order valence-electron chi connectivity index (χ0n) is 13.2. The van der Waals surface area contributed by atoms with E-state index < -0.39 is 0 Å². The Morgan fingerprint density at radius 2 is 2.05 bits per heavy atom. The van der Waals surface area contributed by atoms with Crippen molar-refractivity contribution in [2.75, 3.05) is 13.6 Å². The summed E-state index contributed by atoms with van der Waals surface area (Å²) >= 11 is 0. The van der Waals surface area contributed by atoms with Crippen LogP contribution in [0.3, 0.4) is 0 Å². The van der Waals surface area contributed by atoms with Crippen molar-refractivity contribution in [1.29, 1.82) is 0 Å². The van der Waals surface area contributed by atoms with Gasteiger partial charge in [-0.2, -0.15) is 0 Å². The first-order chi connectivity index (χ1) is 9.62. The van der Waals surface area contributed by atoms with E-state index in [9.17, 15) is 0 Å². The smallest absolute Gasteiger partial charge is 0.0489 e. The highest BCUT2D eigenvalue weighted by molar-refractivity contribution is 5.86. The molecule has 0 fully saturated rings. The van der Waals surface area contributed by atoms with Crippen LogP contribution in [0.5, 0.6) is 0 Å². The summed E-state index contributed by atoms with van der Waals surface area (Å²) in [4.78, 5) is 2.37. The van der Waals surface area contributed by atoms with Crippen molar-refractivity contribution in [1.82, 2.24) is 9.47 Å². The van der Waals surface area contributed by atoms with Crippen molar-refractivity contribution in [2.45, 2.75) is 40.3 Å². The molecule has 0 aliphatic carbocycles. The zero-order chi connectivity index (χ0) is 14.7. The summed E-state index contributed by atoms with van der Waals surface area (Å²) in [6.45, 7) is 13.5. The molecule has 0 bridgehead atoms. The van der Waals surface area contributed by atoms with Crippen LogP contribution >= 0.6 is 0 Å². The van der Waals surface area contributed by atoms with E-state index in [2.05, 4.69) is 62.1 Å². The van der Waals surface area contributed by atoms with Gasteiger partial charge >= 0.3 is 0 Å². The van der Waals surface area contributed by atoms with Crippen LogP contribution in [0.25, 0.3) is 10.9 Å². The molecule has 0 radical (unpaired) electrons. The first-order valence-corrected chi connectivity index (χ1v) is 7.52. The number of aryl methyl sites for hydroxylation is 1. The minimum absolute atomic E-state index is 0.887. The van der Waals surface area contributed by atoms with Gasteiger partial charge in [0.05, 0.1) is 0 Å². The Bertz CT molecular complexity index is 607. The highest BCUT2D eigenvalue weighted by atomic mass is 15.1. The van der Waals surface area contributed by atoms with E-state index in [4.69, 9.17) is 0 Å². The van der Waals surface area contributed by atoms with Crippen molar-refractivity contribution in [3.63, 3.8) is 0 Å². The summed E-state index contributed by atoms with van der Waals surface area (Å²) in [6, 6.07) is 6.78. The number of aromatic nitrogens is 1.